The summed E-state index contributed by atoms with van der Waals surface area (Å²) in [7, 11) is 1.72. The van der Waals surface area contributed by atoms with Crippen LogP contribution in [0.4, 0.5) is 37.7 Å². The fraction of sp³-hybridized carbons (Fsp3) is 0.469. The van der Waals surface area contributed by atoms with Gasteiger partial charge in [-0.05, 0) is 86.7 Å². The van der Waals surface area contributed by atoms with E-state index < -0.39 is 12.2 Å². The quantitative estimate of drug-likeness (QED) is 0.0259. The summed E-state index contributed by atoms with van der Waals surface area (Å²) in [4.78, 5) is 36.4. The van der Waals surface area contributed by atoms with E-state index in [1.165, 1.54) is 22.7 Å². The second kappa shape index (κ2) is 24.8. The van der Waals surface area contributed by atoms with Crippen LogP contribution in [0.2, 0.25) is 0 Å². The first kappa shape index (κ1) is 51.2. The molecule has 0 spiro atoms. The van der Waals surface area contributed by atoms with E-state index in [1.54, 1.807) is 13.3 Å². The first-order valence-corrected chi connectivity index (χ1v) is 26.2. The number of methoxy groups -OCH3 is 1. The molecule has 0 radical (unpaired) electrons. The SMILES string of the molecule is C=N/N=C(\C=C/C)N1CC[C@@H](Nc2nnc(NC(=O)[C@@H](OCC)c3cccc(N4CC(OCCCO[C@@H](C(=O)Nc5nnc(N[C@@H]6CCN(c7cccnn7)C6)s5)c5cccc(N6CC(OC)C6)c5)C4)c3)s2)C1. The maximum atomic E-state index is 14.0. The van der Waals surface area contributed by atoms with Crippen LogP contribution in [0.25, 0.3) is 0 Å². The first-order chi connectivity index (χ1) is 35.7. The number of nitrogens with zero attached hydrogens (tertiary/aromatic N) is 12. The van der Waals surface area contributed by atoms with Gasteiger partial charge in [-0.1, -0.05) is 53.0 Å². The topological polar surface area (TPSA) is 234 Å². The number of rotatable bonds is 24. The molecule has 2 amide bonds. The average molecular weight is 1040 g/mol. The van der Waals surface area contributed by atoms with Crippen molar-refractivity contribution in [3.63, 3.8) is 0 Å². The Hall–Kier alpha value is -6.70. The van der Waals surface area contributed by atoms with Gasteiger partial charge in [0.15, 0.2) is 23.9 Å². The standard InChI is InChI=1S/C49H62N16O6S2/c1-5-11-40(56-50-3)62-20-17-34(26-62)52-46-58-60-48(72-46)54-44(66)42(69-6-2)32-12-7-15-37(24-32)65-30-39(31-65)70-22-10-23-71-43(33-13-8-14-36(25-33)64-28-38(29-64)68-4)45(67)55-49-61-59-47(73-49)53-35-18-21-63(27-35)41-16-9-19-51-57-41/h5,7-9,11-16,19,24-25,34-35,38-39,42-43H,3,6,10,17-18,20-23,26-31H2,1-2,4H3,(H,52,58)(H,53,59)(H,54,60,66)(H,55,61,67)/b11-5-,56-40+/t34-,35-,42+,43-/m1/s1. The van der Waals surface area contributed by atoms with Gasteiger partial charge < -0.3 is 49.2 Å². The van der Waals surface area contributed by atoms with Crippen molar-refractivity contribution in [3.05, 3.63) is 90.1 Å². The maximum absolute atomic E-state index is 14.0. The summed E-state index contributed by atoms with van der Waals surface area (Å²) in [6.45, 7) is 14.4. The van der Waals surface area contributed by atoms with Gasteiger partial charge in [0.25, 0.3) is 11.8 Å². The normalized spacial score (nSPS) is 19.2. The Morgan fingerprint density at radius 3 is 1.97 bits per heavy atom. The van der Waals surface area contributed by atoms with E-state index in [4.69, 9.17) is 18.9 Å². The molecule has 4 aliphatic rings. The molecule has 0 saturated carbocycles. The first-order valence-electron chi connectivity index (χ1n) is 24.6. The molecule has 4 N–H and O–H groups in total. The summed E-state index contributed by atoms with van der Waals surface area (Å²) in [6, 6.07) is 19.8. The van der Waals surface area contributed by atoms with Gasteiger partial charge in [0, 0.05) is 109 Å². The Morgan fingerprint density at radius 1 is 0.753 bits per heavy atom. The molecule has 9 rings (SSSR count). The minimum atomic E-state index is -0.899. The highest BCUT2D eigenvalue weighted by Crippen LogP contribution is 2.32. The molecular weight excluding hydrogens is 973 g/mol. The molecule has 5 aromatic rings. The van der Waals surface area contributed by atoms with Crippen LogP contribution in [-0.2, 0) is 28.5 Å². The van der Waals surface area contributed by atoms with Gasteiger partial charge in [0.05, 0.1) is 18.8 Å². The number of amidine groups is 1. The van der Waals surface area contributed by atoms with Crippen molar-refractivity contribution in [3.8, 4) is 0 Å². The van der Waals surface area contributed by atoms with Crippen LogP contribution in [0.15, 0.2) is 89.2 Å². The number of nitrogens with one attached hydrogen (secondary N) is 4. The van der Waals surface area contributed by atoms with Crippen molar-refractivity contribution in [1.82, 2.24) is 35.5 Å². The predicted octanol–water partition coefficient (Wildman–Crippen LogP) is 5.49. The Labute approximate surface area is 432 Å². The van der Waals surface area contributed by atoms with Crippen LogP contribution in [0, 0.1) is 0 Å². The zero-order valence-electron chi connectivity index (χ0n) is 41.2. The molecule has 0 aliphatic carbocycles. The second-order valence-electron chi connectivity index (χ2n) is 17.9. The van der Waals surface area contributed by atoms with Gasteiger partial charge in [-0.25, -0.2) is 0 Å². The third kappa shape index (κ3) is 13.3. The molecule has 7 heterocycles. The molecule has 0 bridgehead atoms. The van der Waals surface area contributed by atoms with E-state index >= 15 is 0 Å². The summed E-state index contributed by atoms with van der Waals surface area (Å²) in [5.74, 6) is 0.934. The number of allylic oxidation sites excluding steroid dienone is 1. The van der Waals surface area contributed by atoms with Gasteiger partial charge in [-0.2, -0.15) is 10.2 Å². The fourth-order valence-corrected chi connectivity index (χ4v) is 10.5. The lowest BCUT2D eigenvalue weighted by Crippen LogP contribution is -2.52. The van der Waals surface area contributed by atoms with Crippen LogP contribution in [0.3, 0.4) is 0 Å². The minimum absolute atomic E-state index is 0.0115. The van der Waals surface area contributed by atoms with Crippen LogP contribution in [0.5, 0.6) is 0 Å². The maximum Gasteiger partial charge on any atom is 0.259 e. The molecule has 0 unspecified atom stereocenters. The third-order valence-electron chi connectivity index (χ3n) is 12.9. The number of ether oxygens (including phenoxy) is 4. The lowest BCUT2D eigenvalue weighted by molar-refractivity contribution is -0.128. The fourth-order valence-electron chi connectivity index (χ4n) is 9.06. The van der Waals surface area contributed by atoms with Crippen molar-refractivity contribution >= 4 is 84.8 Å². The van der Waals surface area contributed by atoms with E-state index in [1.807, 2.05) is 86.7 Å². The number of carbonyl (C=O) groups is 2. The zero-order chi connectivity index (χ0) is 50.5. The monoisotopic (exact) mass is 1030 g/mol. The molecule has 24 heteroatoms. The van der Waals surface area contributed by atoms with E-state index in [2.05, 4.69) is 88.4 Å². The number of hydrogen-bond acceptors (Lipinski definition) is 21. The van der Waals surface area contributed by atoms with E-state index in [0.717, 1.165) is 86.3 Å². The average Bonchev–Trinajstić information content (AvgIpc) is 4.22. The molecule has 4 atom stereocenters. The lowest BCUT2D eigenvalue weighted by Gasteiger charge is -2.41. The second-order valence-corrected chi connectivity index (χ2v) is 19.9. The Kier molecular flexibility index (Phi) is 17.4. The van der Waals surface area contributed by atoms with Crippen molar-refractivity contribution in [1.29, 1.82) is 0 Å². The molecule has 2 aromatic carbocycles. The molecule has 3 aromatic heterocycles. The van der Waals surface area contributed by atoms with Gasteiger partial charge in [0.2, 0.25) is 20.5 Å². The number of aromatic nitrogens is 6. The number of likely N-dealkylation sites (tertiary alicyclic amines) is 1. The molecule has 4 saturated heterocycles. The van der Waals surface area contributed by atoms with Crippen molar-refractivity contribution in [2.24, 2.45) is 10.2 Å². The highest BCUT2D eigenvalue weighted by Gasteiger charge is 2.32. The van der Waals surface area contributed by atoms with E-state index in [9.17, 15) is 9.59 Å². The molecule has 4 aliphatic heterocycles. The summed E-state index contributed by atoms with van der Waals surface area (Å²) < 4.78 is 24.1. The number of hydrogen-bond donors (Lipinski definition) is 4. The molecule has 386 valence electrons. The van der Waals surface area contributed by atoms with Crippen molar-refractivity contribution < 1.29 is 28.5 Å². The molecule has 4 fully saturated rings. The zero-order valence-corrected chi connectivity index (χ0v) is 42.8. The summed E-state index contributed by atoms with van der Waals surface area (Å²) >= 11 is 2.56. The van der Waals surface area contributed by atoms with Gasteiger partial charge in [-0.15, -0.1) is 30.6 Å². The summed E-state index contributed by atoms with van der Waals surface area (Å²) in [5, 5.41) is 48.0. The Morgan fingerprint density at radius 2 is 1.37 bits per heavy atom. The van der Waals surface area contributed by atoms with Gasteiger partial charge in [0.1, 0.15) is 0 Å². The van der Waals surface area contributed by atoms with Crippen molar-refractivity contribution in [2.75, 3.05) is 115 Å². The van der Waals surface area contributed by atoms with Crippen molar-refractivity contribution in [2.45, 2.75) is 69.6 Å². The Balaban J connectivity index is 0.740. The predicted molar refractivity (Wildman–Crippen MR) is 284 cm³/mol. The highest BCUT2D eigenvalue weighted by atomic mass is 32.1. The summed E-state index contributed by atoms with van der Waals surface area (Å²) in [6.07, 6.45) is 6.30. The van der Waals surface area contributed by atoms with Crippen LogP contribution in [0.1, 0.15) is 56.4 Å². The number of amides is 2. The molecule has 22 nitrogen and oxygen atoms in total. The van der Waals surface area contributed by atoms with Crippen LogP contribution < -0.4 is 36.0 Å². The molecular formula is C49H62N16O6S2. The van der Waals surface area contributed by atoms with Crippen LogP contribution >= 0.6 is 22.7 Å². The number of carbonyl (C=O) groups excluding carboxylic acids is 2. The van der Waals surface area contributed by atoms with E-state index in [0.29, 0.717) is 59.9 Å². The smallest absolute Gasteiger partial charge is 0.259 e. The summed E-state index contributed by atoms with van der Waals surface area (Å²) in [5.41, 5.74) is 3.43. The molecule has 73 heavy (non-hydrogen) atoms. The number of benzene rings is 2. The van der Waals surface area contributed by atoms with E-state index in [-0.39, 0.29) is 36.1 Å². The Bertz CT molecular complexity index is 2680. The van der Waals surface area contributed by atoms with Crippen LogP contribution in [-0.4, -0.2) is 163 Å². The van der Waals surface area contributed by atoms with Gasteiger partial charge in [-0.3, -0.25) is 20.2 Å². The number of anilines is 7. The lowest BCUT2D eigenvalue weighted by atomic mass is 10.0. The minimum Gasteiger partial charge on any atom is -0.378 e. The largest absolute Gasteiger partial charge is 0.378 e. The third-order valence-corrected chi connectivity index (χ3v) is 14.4. The van der Waals surface area contributed by atoms with Gasteiger partial charge >= 0.3 is 0 Å². The highest BCUT2D eigenvalue weighted by molar-refractivity contribution is 7.19.